The van der Waals surface area contributed by atoms with E-state index in [1.165, 1.54) is 6.42 Å². The zero-order valence-corrected chi connectivity index (χ0v) is 15.5. The Morgan fingerprint density at radius 2 is 1.88 bits per heavy atom. The summed E-state index contributed by atoms with van der Waals surface area (Å²) in [6, 6.07) is 7.42. The molecule has 2 amide bonds. The number of nitrogens with zero attached hydrogens (tertiary/aromatic N) is 3. The molecule has 2 fully saturated rings. The summed E-state index contributed by atoms with van der Waals surface area (Å²) in [5.74, 6) is 0.236. The molecule has 5 nitrogen and oxygen atoms in total. The number of amides is 2. The summed E-state index contributed by atoms with van der Waals surface area (Å²) in [4.78, 5) is 31.1. The van der Waals surface area contributed by atoms with E-state index in [2.05, 4.69) is 11.8 Å². The predicted octanol–water partition coefficient (Wildman–Crippen LogP) is 2.50. The average molecular weight is 364 g/mol. The van der Waals surface area contributed by atoms with E-state index in [1.54, 1.807) is 24.3 Å². The maximum absolute atomic E-state index is 12.5. The number of halogens is 1. The molecule has 0 spiro atoms. The summed E-state index contributed by atoms with van der Waals surface area (Å²) in [5.41, 5.74) is 0.624. The van der Waals surface area contributed by atoms with E-state index in [9.17, 15) is 9.59 Å². The maximum atomic E-state index is 12.5. The molecule has 2 heterocycles. The van der Waals surface area contributed by atoms with Gasteiger partial charge in [-0.25, -0.2) is 0 Å². The fourth-order valence-electron chi connectivity index (χ4n) is 3.66. The van der Waals surface area contributed by atoms with Crippen LogP contribution in [-0.4, -0.2) is 71.8 Å². The highest BCUT2D eigenvalue weighted by molar-refractivity contribution is 6.30. The first-order valence-corrected chi connectivity index (χ1v) is 9.49. The number of hydrogen-bond acceptors (Lipinski definition) is 3. The Labute approximate surface area is 154 Å². The molecule has 2 aliphatic heterocycles. The molecule has 1 unspecified atom stereocenters. The summed E-state index contributed by atoms with van der Waals surface area (Å²) in [6.45, 7) is 6.25. The first-order valence-electron chi connectivity index (χ1n) is 9.11. The Morgan fingerprint density at radius 1 is 1.12 bits per heavy atom. The largest absolute Gasteiger partial charge is 0.339 e. The van der Waals surface area contributed by atoms with Gasteiger partial charge in [0.25, 0.3) is 5.91 Å². The molecule has 1 aromatic rings. The Hall–Kier alpha value is -1.59. The summed E-state index contributed by atoms with van der Waals surface area (Å²) >= 11 is 5.97. The van der Waals surface area contributed by atoms with E-state index in [-0.39, 0.29) is 11.8 Å². The van der Waals surface area contributed by atoms with Crippen LogP contribution in [0.15, 0.2) is 24.3 Å². The first-order chi connectivity index (χ1) is 12.0. The first kappa shape index (κ1) is 18.2. The van der Waals surface area contributed by atoms with E-state index in [0.29, 0.717) is 36.3 Å². The lowest BCUT2D eigenvalue weighted by Crippen LogP contribution is -2.53. The quantitative estimate of drug-likeness (QED) is 0.828. The minimum absolute atomic E-state index is 0.0122. The van der Waals surface area contributed by atoms with E-state index in [0.717, 1.165) is 32.5 Å². The van der Waals surface area contributed by atoms with Crippen LogP contribution in [0.3, 0.4) is 0 Å². The van der Waals surface area contributed by atoms with E-state index < -0.39 is 0 Å². The summed E-state index contributed by atoms with van der Waals surface area (Å²) in [7, 11) is 0. The van der Waals surface area contributed by atoms with Crippen LogP contribution in [0.4, 0.5) is 0 Å². The zero-order valence-electron chi connectivity index (χ0n) is 14.8. The van der Waals surface area contributed by atoms with Crippen LogP contribution in [0.5, 0.6) is 0 Å². The van der Waals surface area contributed by atoms with Gasteiger partial charge >= 0.3 is 0 Å². The molecule has 0 radical (unpaired) electrons. The van der Waals surface area contributed by atoms with Crippen molar-refractivity contribution in [3.05, 3.63) is 34.9 Å². The van der Waals surface area contributed by atoms with Crippen molar-refractivity contribution < 1.29 is 9.59 Å². The van der Waals surface area contributed by atoms with Crippen molar-refractivity contribution in [1.82, 2.24) is 14.7 Å². The van der Waals surface area contributed by atoms with Gasteiger partial charge in [-0.05, 0) is 44.4 Å². The minimum atomic E-state index is 0.0122. The van der Waals surface area contributed by atoms with E-state index in [1.807, 2.05) is 9.80 Å². The van der Waals surface area contributed by atoms with Crippen LogP contribution >= 0.6 is 11.6 Å². The number of rotatable bonds is 3. The second-order valence-electron chi connectivity index (χ2n) is 7.01. The minimum Gasteiger partial charge on any atom is -0.339 e. The smallest absolute Gasteiger partial charge is 0.253 e. The number of carbonyl (C=O) groups is 2. The highest BCUT2D eigenvalue weighted by atomic mass is 35.5. The molecule has 1 aromatic carbocycles. The number of piperazine rings is 1. The Bertz CT molecular complexity index is 629. The van der Waals surface area contributed by atoms with Crippen LogP contribution < -0.4 is 0 Å². The molecular weight excluding hydrogens is 338 g/mol. The van der Waals surface area contributed by atoms with Gasteiger partial charge in [-0.2, -0.15) is 0 Å². The maximum Gasteiger partial charge on any atom is 0.253 e. The van der Waals surface area contributed by atoms with Gasteiger partial charge in [0.05, 0.1) is 6.54 Å². The highest BCUT2D eigenvalue weighted by Gasteiger charge is 2.27. The summed E-state index contributed by atoms with van der Waals surface area (Å²) in [6.07, 6.45) is 3.43. The van der Waals surface area contributed by atoms with Crippen LogP contribution in [0.25, 0.3) is 0 Å². The SMILES string of the molecule is CC1CCCCN1C(=O)CN1CCN(C(=O)c2cccc(Cl)c2)CC1. The monoisotopic (exact) mass is 363 g/mol. The fourth-order valence-corrected chi connectivity index (χ4v) is 3.85. The molecule has 0 N–H and O–H groups in total. The lowest BCUT2D eigenvalue weighted by molar-refractivity contribution is -0.136. The van der Waals surface area contributed by atoms with Gasteiger partial charge in [0.1, 0.15) is 0 Å². The number of piperidine rings is 1. The van der Waals surface area contributed by atoms with E-state index >= 15 is 0 Å². The van der Waals surface area contributed by atoms with Gasteiger partial charge in [0.2, 0.25) is 5.91 Å². The average Bonchev–Trinajstić information content (AvgIpc) is 2.62. The molecule has 0 aliphatic carbocycles. The summed E-state index contributed by atoms with van der Waals surface area (Å²) in [5, 5.41) is 0.575. The van der Waals surface area contributed by atoms with Crippen molar-refractivity contribution in [3.8, 4) is 0 Å². The Balaban J connectivity index is 1.50. The van der Waals surface area contributed by atoms with Gasteiger partial charge in [0, 0.05) is 49.4 Å². The van der Waals surface area contributed by atoms with Crippen molar-refractivity contribution >= 4 is 23.4 Å². The molecule has 0 bridgehead atoms. The van der Waals surface area contributed by atoms with Gasteiger partial charge in [-0.15, -0.1) is 0 Å². The molecule has 0 aromatic heterocycles. The lowest BCUT2D eigenvalue weighted by Gasteiger charge is -2.38. The fraction of sp³-hybridized carbons (Fsp3) is 0.579. The molecule has 1 atom stereocenters. The van der Waals surface area contributed by atoms with Crippen LogP contribution in [0.1, 0.15) is 36.5 Å². The topological polar surface area (TPSA) is 43.9 Å². The Morgan fingerprint density at radius 3 is 2.56 bits per heavy atom. The third-order valence-electron chi connectivity index (χ3n) is 5.21. The normalized spacial score (nSPS) is 22.1. The number of benzene rings is 1. The second-order valence-corrected chi connectivity index (χ2v) is 7.45. The highest BCUT2D eigenvalue weighted by Crippen LogP contribution is 2.17. The van der Waals surface area contributed by atoms with Gasteiger partial charge in [0.15, 0.2) is 0 Å². The molecule has 0 saturated carbocycles. The van der Waals surface area contributed by atoms with Gasteiger partial charge in [-0.1, -0.05) is 17.7 Å². The van der Waals surface area contributed by atoms with Crippen LogP contribution in [-0.2, 0) is 4.79 Å². The standard InChI is InChI=1S/C19H26ClN3O2/c1-15-5-2-3-8-23(15)18(24)14-21-9-11-22(12-10-21)19(25)16-6-4-7-17(20)13-16/h4,6-7,13,15H,2-3,5,8-12,14H2,1H3. The molecule has 136 valence electrons. The molecule has 6 heteroatoms. The third-order valence-corrected chi connectivity index (χ3v) is 5.45. The number of carbonyl (C=O) groups excluding carboxylic acids is 2. The molecule has 25 heavy (non-hydrogen) atoms. The van der Waals surface area contributed by atoms with E-state index in [4.69, 9.17) is 11.6 Å². The Kier molecular flexibility index (Phi) is 5.97. The molecule has 2 aliphatic rings. The van der Waals surface area contributed by atoms with Gasteiger partial charge < -0.3 is 9.80 Å². The van der Waals surface area contributed by atoms with Crippen molar-refractivity contribution in [3.63, 3.8) is 0 Å². The van der Waals surface area contributed by atoms with Crippen LogP contribution in [0.2, 0.25) is 5.02 Å². The number of hydrogen-bond donors (Lipinski definition) is 0. The summed E-state index contributed by atoms with van der Waals surface area (Å²) < 4.78 is 0. The van der Waals surface area contributed by atoms with Crippen molar-refractivity contribution in [2.75, 3.05) is 39.3 Å². The van der Waals surface area contributed by atoms with Gasteiger partial charge in [-0.3, -0.25) is 14.5 Å². The van der Waals surface area contributed by atoms with Crippen LogP contribution in [0, 0.1) is 0 Å². The van der Waals surface area contributed by atoms with Crippen molar-refractivity contribution in [1.29, 1.82) is 0 Å². The van der Waals surface area contributed by atoms with Crippen molar-refractivity contribution in [2.24, 2.45) is 0 Å². The molecule has 3 rings (SSSR count). The molecular formula is C19H26ClN3O2. The third kappa shape index (κ3) is 4.53. The zero-order chi connectivity index (χ0) is 17.8. The predicted molar refractivity (Wildman–Crippen MR) is 98.8 cm³/mol. The molecule has 2 saturated heterocycles. The lowest BCUT2D eigenvalue weighted by atomic mass is 10.0. The number of likely N-dealkylation sites (tertiary alicyclic amines) is 1. The second kappa shape index (κ2) is 8.19. The van der Waals surface area contributed by atoms with Crippen molar-refractivity contribution in [2.45, 2.75) is 32.2 Å².